The Bertz CT molecular complexity index is 1110. The van der Waals surface area contributed by atoms with Crippen molar-refractivity contribution < 1.29 is 9.32 Å². The zero-order chi connectivity index (χ0) is 20.1. The number of carbonyl (C=O) groups is 1. The molecule has 0 spiro atoms. The van der Waals surface area contributed by atoms with Crippen LogP contribution in [0, 0.1) is 0 Å². The Kier molecular flexibility index (Phi) is 5.56. The zero-order valence-corrected chi connectivity index (χ0v) is 16.2. The van der Waals surface area contributed by atoms with Crippen molar-refractivity contribution in [3.05, 3.63) is 60.2 Å². The van der Waals surface area contributed by atoms with E-state index in [1.165, 1.54) is 16.4 Å². The fourth-order valence-electron chi connectivity index (χ4n) is 2.56. The van der Waals surface area contributed by atoms with Gasteiger partial charge in [0.15, 0.2) is 0 Å². The summed E-state index contributed by atoms with van der Waals surface area (Å²) in [5, 5.41) is 18.6. The first-order chi connectivity index (χ1) is 14.2. The molecule has 10 nitrogen and oxygen atoms in total. The van der Waals surface area contributed by atoms with Crippen LogP contribution in [0.3, 0.4) is 0 Å². The van der Waals surface area contributed by atoms with E-state index in [4.69, 9.17) is 4.52 Å². The molecule has 1 amide bonds. The van der Waals surface area contributed by atoms with E-state index < -0.39 is 0 Å². The van der Waals surface area contributed by atoms with Crippen molar-refractivity contribution >= 4 is 23.4 Å². The van der Waals surface area contributed by atoms with E-state index >= 15 is 0 Å². The molecule has 29 heavy (non-hydrogen) atoms. The summed E-state index contributed by atoms with van der Waals surface area (Å²) in [6.07, 6.45) is 3.75. The van der Waals surface area contributed by atoms with Crippen molar-refractivity contribution in [2.45, 2.75) is 11.6 Å². The number of amides is 1. The first kappa shape index (κ1) is 18.7. The number of aromatic nitrogens is 7. The summed E-state index contributed by atoms with van der Waals surface area (Å²) in [5.74, 6) is 0.953. The lowest BCUT2D eigenvalue weighted by molar-refractivity contribution is -0.113. The van der Waals surface area contributed by atoms with E-state index in [-0.39, 0.29) is 11.7 Å². The minimum atomic E-state index is -0.160. The smallest absolute Gasteiger partial charge is 0.234 e. The van der Waals surface area contributed by atoms with Crippen molar-refractivity contribution in [2.24, 2.45) is 7.05 Å². The fourth-order valence-corrected chi connectivity index (χ4v) is 3.21. The molecule has 0 saturated heterocycles. The van der Waals surface area contributed by atoms with E-state index in [1.54, 1.807) is 19.4 Å². The summed E-state index contributed by atoms with van der Waals surface area (Å²) < 4.78 is 6.88. The average Bonchev–Trinajstić information content (AvgIpc) is 3.37. The van der Waals surface area contributed by atoms with Gasteiger partial charge in [-0.3, -0.25) is 9.78 Å². The molecule has 11 heteroatoms. The highest BCUT2D eigenvalue weighted by molar-refractivity contribution is 7.99. The van der Waals surface area contributed by atoms with Crippen LogP contribution in [-0.2, 0) is 18.3 Å². The predicted octanol–water partition coefficient (Wildman–Crippen LogP) is 1.98. The number of benzene rings is 1. The Labute approximate surface area is 169 Å². The Morgan fingerprint density at radius 2 is 2.14 bits per heavy atom. The molecule has 3 aromatic heterocycles. The van der Waals surface area contributed by atoms with Gasteiger partial charge in [0.25, 0.3) is 0 Å². The van der Waals surface area contributed by atoms with Gasteiger partial charge in [-0.05, 0) is 34.2 Å². The first-order valence-electron chi connectivity index (χ1n) is 8.65. The molecule has 0 fully saturated rings. The van der Waals surface area contributed by atoms with Crippen LogP contribution in [-0.4, -0.2) is 47.0 Å². The highest BCUT2D eigenvalue weighted by Crippen LogP contribution is 2.21. The number of anilines is 1. The topological polar surface area (TPSA) is 125 Å². The van der Waals surface area contributed by atoms with E-state index in [1.807, 2.05) is 36.4 Å². The second-order valence-electron chi connectivity index (χ2n) is 6.01. The summed E-state index contributed by atoms with van der Waals surface area (Å²) in [6, 6.07) is 11.2. The van der Waals surface area contributed by atoms with Crippen molar-refractivity contribution in [3.8, 4) is 11.4 Å². The number of carbonyl (C=O) groups excluding carboxylic acids is 1. The standard InChI is InChI=1S/C18H16N8O2S/c1-26-18(22-24-25-26)29-11-15(27)20-14-7-3-2-5-12(14)9-16-21-17(23-28-16)13-6-4-8-19-10-13/h2-8,10H,9,11H2,1H3,(H,20,27). The summed E-state index contributed by atoms with van der Waals surface area (Å²) in [7, 11) is 1.72. The lowest BCUT2D eigenvalue weighted by atomic mass is 10.1. The summed E-state index contributed by atoms with van der Waals surface area (Å²) in [6.45, 7) is 0. The second-order valence-corrected chi connectivity index (χ2v) is 6.95. The third kappa shape index (κ3) is 4.63. The molecule has 0 aliphatic heterocycles. The summed E-state index contributed by atoms with van der Waals surface area (Å²) in [5.41, 5.74) is 2.34. The zero-order valence-electron chi connectivity index (χ0n) is 15.4. The van der Waals surface area contributed by atoms with E-state index in [0.717, 1.165) is 11.1 Å². The monoisotopic (exact) mass is 408 g/mol. The Morgan fingerprint density at radius 1 is 1.24 bits per heavy atom. The van der Waals surface area contributed by atoms with Gasteiger partial charge in [0.2, 0.25) is 22.8 Å². The molecular weight excluding hydrogens is 392 g/mol. The highest BCUT2D eigenvalue weighted by atomic mass is 32.2. The molecule has 4 aromatic rings. The van der Waals surface area contributed by atoms with Crippen molar-refractivity contribution in [1.82, 2.24) is 35.3 Å². The van der Waals surface area contributed by atoms with Crippen molar-refractivity contribution in [2.75, 3.05) is 11.1 Å². The van der Waals surface area contributed by atoms with Gasteiger partial charge in [0.05, 0.1) is 12.2 Å². The number of nitrogens with zero attached hydrogens (tertiary/aromatic N) is 7. The van der Waals surface area contributed by atoms with Crippen LogP contribution in [0.5, 0.6) is 0 Å². The van der Waals surface area contributed by atoms with Gasteiger partial charge in [-0.25, -0.2) is 4.68 Å². The molecule has 146 valence electrons. The minimum absolute atomic E-state index is 0.160. The lowest BCUT2D eigenvalue weighted by Gasteiger charge is -2.09. The largest absolute Gasteiger partial charge is 0.339 e. The van der Waals surface area contributed by atoms with Crippen LogP contribution in [0.2, 0.25) is 0 Å². The Balaban J connectivity index is 1.42. The van der Waals surface area contributed by atoms with Gasteiger partial charge in [-0.15, -0.1) is 5.10 Å². The number of tetrazole rings is 1. The number of para-hydroxylation sites is 1. The maximum absolute atomic E-state index is 12.3. The lowest BCUT2D eigenvalue weighted by Crippen LogP contribution is -2.16. The number of aryl methyl sites for hydroxylation is 1. The molecule has 0 bridgehead atoms. The fraction of sp³-hybridized carbons (Fsp3) is 0.167. The number of hydrogen-bond acceptors (Lipinski definition) is 9. The molecular formula is C18H16N8O2S. The quantitative estimate of drug-likeness (QED) is 0.457. The Hall–Kier alpha value is -3.60. The van der Waals surface area contributed by atoms with Crippen molar-refractivity contribution in [3.63, 3.8) is 0 Å². The molecule has 0 aliphatic rings. The molecule has 1 aromatic carbocycles. The molecule has 0 atom stereocenters. The minimum Gasteiger partial charge on any atom is -0.339 e. The molecule has 3 heterocycles. The first-order valence-corrected chi connectivity index (χ1v) is 9.63. The molecule has 1 N–H and O–H groups in total. The average molecular weight is 408 g/mol. The number of rotatable bonds is 7. The van der Waals surface area contributed by atoms with E-state index in [0.29, 0.717) is 29.0 Å². The number of nitrogens with one attached hydrogen (secondary N) is 1. The van der Waals surface area contributed by atoms with Crippen LogP contribution in [0.1, 0.15) is 11.5 Å². The van der Waals surface area contributed by atoms with Crippen molar-refractivity contribution in [1.29, 1.82) is 0 Å². The van der Waals surface area contributed by atoms with Gasteiger partial charge in [0, 0.05) is 30.7 Å². The SMILES string of the molecule is Cn1nnnc1SCC(=O)Nc1ccccc1Cc1nc(-c2cccnc2)no1. The van der Waals surface area contributed by atoms with Gasteiger partial charge >= 0.3 is 0 Å². The maximum Gasteiger partial charge on any atom is 0.234 e. The summed E-state index contributed by atoms with van der Waals surface area (Å²) >= 11 is 1.26. The predicted molar refractivity (Wildman–Crippen MR) is 105 cm³/mol. The van der Waals surface area contributed by atoms with E-state index in [9.17, 15) is 4.79 Å². The molecule has 0 aliphatic carbocycles. The molecule has 0 radical (unpaired) electrons. The number of pyridine rings is 1. The van der Waals surface area contributed by atoms with Gasteiger partial charge in [-0.2, -0.15) is 4.98 Å². The normalized spacial score (nSPS) is 10.8. The number of thioether (sulfide) groups is 1. The van der Waals surface area contributed by atoms with Crippen LogP contribution >= 0.6 is 11.8 Å². The van der Waals surface area contributed by atoms with Gasteiger partial charge < -0.3 is 9.84 Å². The van der Waals surface area contributed by atoms with Crippen LogP contribution in [0.15, 0.2) is 58.5 Å². The van der Waals surface area contributed by atoms with E-state index in [2.05, 4.69) is 36.0 Å². The molecule has 0 unspecified atom stereocenters. The molecule has 4 rings (SSSR count). The van der Waals surface area contributed by atoms with Crippen LogP contribution in [0.25, 0.3) is 11.4 Å². The third-order valence-corrected chi connectivity index (χ3v) is 4.95. The molecule has 0 saturated carbocycles. The van der Waals surface area contributed by atoms with Crippen LogP contribution < -0.4 is 5.32 Å². The van der Waals surface area contributed by atoms with Gasteiger partial charge in [0.1, 0.15) is 0 Å². The Morgan fingerprint density at radius 3 is 2.93 bits per heavy atom. The summed E-state index contributed by atoms with van der Waals surface area (Å²) in [4.78, 5) is 20.8. The highest BCUT2D eigenvalue weighted by Gasteiger charge is 2.14. The van der Waals surface area contributed by atoms with Gasteiger partial charge in [-0.1, -0.05) is 35.1 Å². The second kappa shape index (κ2) is 8.61. The van der Waals surface area contributed by atoms with Crippen LogP contribution in [0.4, 0.5) is 5.69 Å². The third-order valence-electron chi connectivity index (χ3n) is 3.93. The maximum atomic E-state index is 12.3. The number of hydrogen-bond donors (Lipinski definition) is 1.